The Labute approximate surface area is 102 Å². The first-order chi connectivity index (χ1) is 8.12. The van der Waals surface area contributed by atoms with Gasteiger partial charge in [0.15, 0.2) is 23.0 Å². The lowest BCUT2D eigenvalue weighted by molar-refractivity contribution is 0.508. The molecule has 1 aromatic rings. The summed E-state index contributed by atoms with van der Waals surface area (Å²) >= 11 is 1.15. The van der Waals surface area contributed by atoms with Gasteiger partial charge in [0.2, 0.25) is 0 Å². The van der Waals surface area contributed by atoms with Crippen molar-refractivity contribution in [2.24, 2.45) is 4.99 Å². The van der Waals surface area contributed by atoms with Gasteiger partial charge < -0.3 is 0 Å². The van der Waals surface area contributed by atoms with Gasteiger partial charge in [-0.25, -0.2) is 13.8 Å². The van der Waals surface area contributed by atoms with Gasteiger partial charge in [0.05, 0.1) is 11.3 Å². The fourth-order valence-corrected chi connectivity index (χ4v) is 1.36. The first kappa shape index (κ1) is 13.0. The molecule has 0 aliphatic carbocycles. The van der Waals surface area contributed by atoms with Crippen molar-refractivity contribution >= 4 is 22.6 Å². The predicted molar refractivity (Wildman–Crippen MR) is 63.7 cm³/mol. The van der Waals surface area contributed by atoms with Crippen LogP contribution in [0.15, 0.2) is 17.1 Å². The lowest BCUT2D eigenvalue weighted by Gasteiger charge is -2.03. The number of thioether (sulfide) groups is 1. The topological polar surface area (TPSA) is 48.2 Å². The number of nitrogens with zero attached hydrogens (tertiary/aromatic N) is 2. The SMILES string of the molecule is C#Cc1cc(F)c(F)cc1N=C(NC#N)SC. The fraction of sp³-hybridized carbons (Fsp3) is 0.0909. The Hall–Kier alpha value is -2.05. The third-order valence-corrected chi connectivity index (χ3v) is 2.35. The summed E-state index contributed by atoms with van der Waals surface area (Å²) in [5, 5.41) is 11.0. The molecule has 0 aliphatic heterocycles. The molecule has 0 fully saturated rings. The van der Waals surface area contributed by atoms with Crippen LogP contribution in [0.3, 0.4) is 0 Å². The van der Waals surface area contributed by atoms with Gasteiger partial charge in [-0.3, -0.25) is 5.32 Å². The molecule has 0 bridgehead atoms. The normalized spacial score (nSPS) is 10.5. The third kappa shape index (κ3) is 3.20. The average Bonchev–Trinajstić information content (AvgIpc) is 2.32. The molecule has 0 radical (unpaired) electrons. The third-order valence-electron chi connectivity index (χ3n) is 1.77. The molecule has 0 unspecified atom stereocenters. The average molecular weight is 251 g/mol. The highest BCUT2D eigenvalue weighted by atomic mass is 32.2. The van der Waals surface area contributed by atoms with Crippen molar-refractivity contribution in [3.63, 3.8) is 0 Å². The van der Waals surface area contributed by atoms with Gasteiger partial charge in [-0.2, -0.15) is 5.26 Å². The van der Waals surface area contributed by atoms with Crippen molar-refractivity contribution in [2.45, 2.75) is 0 Å². The minimum absolute atomic E-state index is 0.0958. The molecular formula is C11H7F2N3S. The molecule has 3 nitrogen and oxygen atoms in total. The number of amidine groups is 1. The Balaban J connectivity index is 3.27. The first-order valence-corrected chi connectivity index (χ1v) is 5.58. The van der Waals surface area contributed by atoms with E-state index in [1.807, 2.05) is 0 Å². The number of aliphatic imine (C=N–C) groups is 1. The maximum Gasteiger partial charge on any atom is 0.183 e. The van der Waals surface area contributed by atoms with Crippen LogP contribution in [0.2, 0.25) is 0 Å². The molecule has 6 heteroatoms. The first-order valence-electron chi connectivity index (χ1n) is 4.35. The molecule has 86 valence electrons. The summed E-state index contributed by atoms with van der Waals surface area (Å²) in [4.78, 5) is 3.94. The van der Waals surface area contributed by atoms with E-state index in [0.717, 1.165) is 23.9 Å². The summed E-state index contributed by atoms with van der Waals surface area (Å²) in [6.45, 7) is 0. The Bertz CT molecular complexity index is 541. The van der Waals surface area contributed by atoms with Crippen LogP contribution in [0.5, 0.6) is 0 Å². The van der Waals surface area contributed by atoms with Crippen molar-refractivity contribution in [1.82, 2.24) is 5.32 Å². The number of hydrogen-bond donors (Lipinski definition) is 1. The molecule has 17 heavy (non-hydrogen) atoms. The molecule has 0 saturated carbocycles. The van der Waals surface area contributed by atoms with E-state index in [2.05, 4.69) is 16.2 Å². The van der Waals surface area contributed by atoms with Crippen LogP contribution >= 0.6 is 11.8 Å². The van der Waals surface area contributed by atoms with Crippen molar-refractivity contribution in [1.29, 1.82) is 5.26 Å². The van der Waals surface area contributed by atoms with Gasteiger partial charge in [-0.05, 0) is 12.3 Å². The minimum atomic E-state index is -1.04. The molecule has 1 rings (SSSR count). The minimum Gasteiger partial charge on any atom is -0.271 e. The highest BCUT2D eigenvalue weighted by Gasteiger charge is 2.08. The lowest BCUT2D eigenvalue weighted by Crippen LogP contribution is -2.12. The van der Waals surface area contributed by atoms with Crippen molar-refractivity contribution in [3.8, 4) is 18.5 Å². The summed E-state index contributed by atoms with van der Waals surface area (Å²) in [5.74, 6) is 0.128. The van der Waals surface area contributed by atoms with E-state index in [9.17, 15) is 8.78 Å². The molecule has 0 amide bonds. The largest absolute Gasteiger partial charge is 0.271 e. The van der Waals surface area contributed by atoms with Crippen molar-refractivity contribution in [3.05, 3.63) is 29.3 Å². The second-order valence-corrected chi connectivity index (χ2v) is 3.58. The van der Waals surface area contributed by atoms with Crippen LogP contribution in [0, 0.1) is 35.4 Å². The second-order valence-electron chi connectivity index (χ2n) is 2.79. The van der Waals surface area contributed by atoms with Gasteiger partial charge in [0, 0.05) is 6.07 Å². The van der Waals surface area contributed by atoms with E-state index < -0.39 is 11.6 Å². The van der Waals surface area contributed by atoms with Gasteiger partial charge in [0.1, 0.15) is 0 Å². The molecule has 0 saturated heterocycles. The molecule has 0 atom stereocenters. The molecular weight excluding hydrogens is 244 g/mol. The van der Waals surface area contributed by atoms with Gasteiger partial charge in [-0.15, -0.1) is 6.42 Å². The van der Waals surface area contributed by atoms with Gasteiger partial charge >= 0.3 is 0 Å². The summed E-state index contributed by atoms with van der Waals surface area (Å²) in [6, 6.07) is 1.78. The van der Waals surface area contributed by atoms with Gasteiger partial charge in [-0.1, -0.05) is 17.7 Å². The number of hydrogen-bond acceptors (Lipinski definition) is 3. The number of halogens is 2. The fourth-order valence-electron chi connectivity index (χ4n) is 1.03. The van der Waals surface area contributed by atoms with Crippen molar-refractivity contribution < 1.29 is 8.78 Å². The summed E-state index contributed by atoms with van der Waals surface area (Å²) < 4.78 is 26.0. The van der Waals surface area contributed by atoms with Crippen molar-refractivity contribution in [2.75, 3.05) is 6.26 Å². The Morgan fingerprint density at radius 2 is 2.12 bits per heavy atom. The zero-order chi connectivity index (χ0) is 12.8. The molecule has 0 aromatic heterocycles. The number of benzene rings is 1. The lowest BCUT2D eigenvalue weighted by atomic mass is 10.2. The van der Waals surface area contributed by atoms with Gasteiger partial charge in [0.25, 0.3) is 0 Å². The van der Waals surface area contributed by atoms with Crippen LogP contribution in [0.4, 0.5) is 14.5 Å². The Kier molecular flexibility index (Phi) is 4.50. The summed E-state index contributed by atoms with van der Waals surface area (Å²) in [7, 11) is 0. The summed E-state index contributed by atoms with van der Waals surface area (Å²) in [5.41, 5.74) is 0.216. The van der Waals surface area contributed by atoms with E-state index in [0.29, 0.717) is 0 Å². The standard InChI is InChI=1S/C11H7F2N3S/c1-3-7-4-8(12)9(13)5-10(7)16-11(17-2)15-6-14/h1,4-5H,2H3,(H,15,16). The molecule has 0 spiro atoms. The molecule has 1 N–H and O–H groups in total. The number of nitrogens with one attached hydrogen (secondary N) is 1. The van der Waals surface area contributed by atoms with Crippen LogP contribution in [0.1, 0.15) is 5.56 Å². The highest BCUT2D eigenvalue weighted by Crippen LogP contribution is 2.23. The van der Waals surface area contributed by atoms with E-state index >= 15 is 0 Å². The van der Waals surface area contributed by atoms with Crippen LogP contribution < -0.4 is 5.32 Å². The number of terminal acetylenes is 1. The van der Waals surface area contributed by atoms with E-state index in [-0.39, 0.29) is 16.4 Å². The molecule has 0 aliphatic rings. The summed E-state index contributed by atoms with van der Waals surface area (Å²) in [6.07, 6.45) is 8.52. The van der Waals surface area contributed by atoms with Crippen LogP contribution in [0.25, 0.3) is 0 Å². The zero-order valence-corrected chi connectivity index (χ0v) is 9.61. The smallest absolute Gasteiger partial charge is 0.183 e. The maximum absolute atomic E-state index is 13.0. The Morgan fingerprint density at radius 1 is 1.47 bits per heavy atom. The quantitative estimate of drug-likeness (QED) is 0.274. The molecule has 1 aromatic carbocycles. The zero-order valence-electron chi connectivity index (χ0n) is 8.79. The molecule has 0 heterocycles. The number of rotatable bonds is 1. The predicted octanol–water partition coefficient (Wildman–Crippen LogP) is 2.37. The number of nitriles is 1. The van der Waals surface area contributed by atoms with Crippen LogP contribution in [-0.4, -0.2) is 11.4 Å². The Morgan fingerprint density at radius 3 is 2.65 bits per heavy atom. The highest BCUT2D eigenvalue weighted by molar-refractivity contribution is 8.13. The second kappa shape index (κ2) is 5.88. The van der Waals surface area contributed by atoms with E-state index in [4.69, 9.17) is 11.7 Å². The van der Waals surface area contributed by atoms with E-state index in [1.54, 1.807) is 12.4 Å². The monoisotopic (exact) mass is 251 g/mol. The van der Waals surface area contributed by atoms with E-state index in [1.165, 1.54) is 0 Å². The van der Waals surface area contributed by atoms with Crippen LogP contribution in [-0.2, 0) is 0 Å². The maximum atomic E-state index is 13.0.